The number of hydrogen-bond donors (Lipinski definition) is 0. The Kier molecular flexibility index (Phi) is 3.23. The predicted molar refractivity (Wildman–Crippen MR) is 96.0 cm³/mol. The van der Waals surface area contributed by atoms with Gasteiger partial charge < -0.3 is 4.57 Å². The summed E-state index contributed by atoms with van der Waals surface area (Å²) in [6, 6.07) is 24.2. The standard InChI is InChI=1S/C21H17NO/c1-15-8-7-12-18-20(15)17-11-5-6-13-19(17)22(21(18)23)14-16-9-3-2-4-10-16/h2-13H,14H2,1H3. The SMILES string of the molecule is Cc1cccc2c(=O)n(Cc3ccccc3)c3ccccc3c12. The first-order valence-electron chi connectivity index (χ1n) is 7.80. The zero-order chi connectivity index (χ0) is 15.8. The molecular weight excluding hydrogens is 282 g/mol. The van der Waals surface area contributed by atoms with Crippen LogP contribution in [0.1, 0.15) is 11.1 Å². The highest BCUT2D eigenvalue weighted by Crippen LogP contribution is 2.26. The molecule has 23 heavy (non-hydrogen) atoms. The minimum absolute atomic E-state index is 0.0752. The molecule has 2 heteroatoms. The molecule has 0 fully saturated rings. The fourth-order valence-electron chi connectivity index (χ4n) is 3.30. The van der Waals surface area contributed by atoms with E-state index < -0.39 is 0 Å². The summed E-state index contributed by atoms with van der Waals surface area (Å²) in [6.07, 6.45) is 0. The maximum absolute atomic E-state index is 13.1. The number of pyridine rings is 1. The molecule has 4 rings (SSSR count). The number of nitrogens with zero attached hydrogens (tertiary/aromatic N) is 1. The zero-order valence-corrected chi connectivity index (χ0v) is 13.0. The van der Waals surface area contributed by atoms with Crippen molar-refractivity contribution in [2.45, 2.75) is 13.5 Å². The molecule has 1 heterocycles. The first-order chi connectivity index (χ1) is 11.3. The summed E-state index contributed by atoms with van der Waals surface area (Å²) < 4.78 is 1.88. The normalized spacial score (nSPS) is 11.2. The van der Waals surface area contributed by atoms with Gasteiger partial charge in [-0.05, 0) is 35.6 Å². The molecule has 0 aliphatic rings. The molecule has 0 spiro atoms. The topological polar surface area (TPSA) is 22.0 Å². The third-order valence-corrected chi connectivity index (χ3v) is 4.40. The average molecular weight is 299 g/mol. The predicted octanol–water partition coefficient (Wildman–Crippen LogP) is 4.51. The number of benzene rings is 3. The molecule has 0 amide bonds. The molecule has 0 saturated carbocycles. The first-order valence-corrected chi connectivity index (χ1v) is 7.80. The van der Waals surface area contributed by atoms with Crippen LogP contribution in [0.5, 0.6) is 0 Å². The number of aryl methyl sites for hydroxylation is 1. The minimum Gasteiger partial charge on any atom is -0.303 e. The molecule has 0 N–H and O–H groups in total. The van der Waals surface area contributed by atoms with Crippen LogP contribution in [0.4, 0.5) is 0 Å². The maximum Gasteiger partial charge on any atom is 0.259 e. The largest absolute Gasteiger partial charge is 0.303 e. The number of rotatable bonds is 2. The van der Waals surface area contributed by atoms with Gasteiger partial charge in [-0.3, -0.25) is 4.79 Å². The van der Waals surface area contributed by atoms with E-state index in [-0.39, 0.29) is 5.56 Å². The monoisotopic (exact) mass is 299 g/mol. The van der Waals surface area contributed by atoms with E-state index in [9.17, 15) is 4.79 Å². The van der Waals surface area contributed by atoms with Crippen LogP contribution in [-0.2, 0) is 6.54 Å². The lowest BCUT2D eigenvalue weighted by Crippen LogP contribution is -2.21. The Labute approximate surface area is 134 Å². The van der Waals surface area contributed by atoms with Crippen LogP contribution in [-0.4, -0.2) is 4.57 Å². The number of aromatic nitrogens is 1. The van der Waals surface area contributed by atoms with Crippen molar-refractivity contribution in [3.8, 4) is 0 Å². The Morgan fingerprint density at radius 1 is 0.783 bits per heavy atom. The Balaban J connectivity index is 2.11. The van der Waals surface area contributed by atoms with Gasteiger partial charge >= 0.3 is 0 Å². The highest BCUT2D eigenvalue weighted by atomic mass is 16.1. The van der Waals surface area contributed by atoms with Crippen LogP contribution in [0.2, 0.25) is 0 Å². The van der Waals surface area contributed by atoms with Crippen LogP contribution < -0.4 is 5.56 Å². The summed E-state index contributed by atoms with van der Waals surface area (Å²) in [4.78, 5) is 13.1. The fourth-order valence-corrected chi connectivity index (χ4v) is 3.30. The van der Waals surface area contributed by atoms with Crippen molar-refractivity contribution in [1.82, 2.24) is 4.57 Å². The Hall–Kier alpha value is -2.87. The Bertz CT molecular complexity index is 1060. The van der Waals surface area contributed by atoms with Crippen LogP contribution >= 0.6 is 0 Å². The van der Waals surface area contributed by atoms with E-state index in [1.54, 1.807) is 0 Å². The van der Waals surface area contributed by atoms with E-state index >= 15 is 0 Å². The summed E-state index contributed by atoms with van der Waals surface area (Å²) in [5.74, 6) is 0. The molecule has 0 bridgehead atoms. The molecular formula is C21H17NO. The number of hydrogen-bond acceptors (Lipinski definition) is 1. The molecule has 112 valence electrons. The summed E-state index contributed by atoms with van der Waals surface area (Å²) in [5, 5.41) is 2.99. The average Bonchev–Trinajstić information content (AvgIpc) is 2.59. The molecule has 1 aromatic heterocycles. The van der Waals surface area contributed by atoms with Crippen molar-refractivity contribution in [1.29, 1.82) is 0 Å². The molecule has 4 aromatic rings. The van der Waals surface area contributed by atoms with E-state index in [2.05, 4.69) is 31.2 Å². The number of fused-ring (bicyclic) bond motifs is 3. The first kappa shape index (κ1) is 13.8. The van der Waals surface area contributed by atoms with Gasteiger partial charge in [0.25, 0.3) is 5.56 Å². The molecule has 2 nitrogen and oxygen atoms in total. The second-order valence-corrected chi connectivity index (χ2v) is 5.89. The van der Waals surface area contributed by atoms with E-state index in [1.807, 2.05) is 53.1 Å². The quantitative estimate of drug-likeness (QED) is 0.499. The second kappa shape index (κ2) is 5.40. The van der Waals surface area contributed by atoms with Crippen molar-refractivity contribution in [2.24, 2.45) is 0 Å². The van der Waals surface area contributed by atoms with Crippen LogP contribution in [0.3, 0.4) is 0 Å². The van der Waals surface area contributed by atoms with Gasteiger partial charge in [-0.25, -0.2) is 0 Å². The van der Waals surface area contributed by atoms with Gasteiger partial charge in [0.1, 0.15) is 0 Å². The van der Waals surface area contributed by atoms with E-state index in [0.29, 0.717) is 6.54 Å². The molecule has 0 atom stereocenters. The Morgan fingerprint density at radius 3 is 2.30 bits per heavy atom. The van der Waals surface area contributed by atoms with Crippen molar-refractivity contribution >= 4 is 21.7 Å². The molecule has 0 radical (unpaired) electrons. The molecule has 0 aliphatic carbocycles. The van der Waals surface area contributed by atoms with E-state index in [1.165, 1.54) is 0 Å². The smallest absolute Gasteiger partial charge is 0.259 e. The molecule has 3 aromatic carbocycles. The van der Waals surface area contributed by atoms with E-state index in [4.69, 9.17) is 0 Å². The fraction of sp³-hybridized carbons (Fsp3) is 0.0952. The van der Waals surface area contributed by atoms with Crippen molar-refractivity contribution in [3.63, 3.8) is 0 Å². The van der Waals surface area contributed by atoms with Gasteiger partial charge in [-0.2, -0.15) is 0 Å². The van der Waals surface area contributed by atoms with E-state index in [0.717, 1.165) is 32.8 Å². The highest BCUT2D eigenvalue weighted by molar-refractivity contribution is 6.07. The minimum atomic E-state index is 0.0752. The lowest BCUT2D eigenvalue weighted by atomic mass is 10.0. The van der Waals surface area contributed by atoms with Crippen LogP contribution in [0.25, 0.3) is 21.7 Å². The van der Waals surface area contributed by atoms with Gasteiger partial charge in [0.05, 0.1) is 12.1 Å². The highest BCUT2D eigenvalue weighted by Gasteiger charge is 2.12. The van der Waals surface area contributed by atoms with Crippen molar-refractivity contribution < 1.29 is 0 Å². The summed E-state index contributed by atoms with van der Waals surface area (Å²) >= 11 is 0. The third-order valence-electron chi connectivity index (χ3n) is 4.40. The van der Waals surface area contributed by atoms with Crippen molar-refractivity contribution in [3.05, 3.63) is 94.3 Å². The zero-order valence-electron chi connectivity index (χ0n) is 13.0. The van der Waals surface area contributed by atoms with Gasteiger partial charge in [-0.1, -0.05) is 60.7 Å². The lowest BCUT2D eigenvalue weighted by molar-refractivity contribution is 0.802. The van der Waals surface area contributed by atoms with Crippen LogP contribution in [0, 0.1) is 6.92 Å². The number of para-hydroxylation sites is 1. The summed E-state index contributed by atoms with van der Waals surface area (Å²) in [5.41, 5.74) is 3.34. The summed E-state index contributed by atoms with van der Waals surface area (Å²) in [7, 11) is 0. The van der Waals surface area contributed by atoms with Gasteiger partial charge in [0.2, 0.25) is 0 Å². The van der Waals surface area contributed by atoms with Crippen molar-refractivity contribution in [2.75, 3.05) is 0 Å². The maximum atomic E-state index is 13.1. The van der Waals surface area contributed by atoms with Gasteiger partial charge in [0, 0.05) is 10.8 Å². The van der Waals surface area contributed by atoms with Gasteiger partial charge in [0.15, 0.2) is 0 Å². The molecule has 0 aliphatic heterocycles. The van der Waals surface area contributed by atoms with Gasteiger partial charge in [-0.15, -0.1) is 0 Å². The summed E-state index contributed by atoms with van der Waals surface area (Å²) in [6.45, 7) is 2.65. The molecule has 0 saturated heterocycles. The molecule has 0 unspecified atom stereocenters. The van der Waals surface area contributed by atoms with Crippen LogP contribution in [0.15, 0.2) is 77.6 Å². The third kappa shape index (κ3) is 2.23. The Morgan fingerprint density at radius 2 is 1.48 bits per heavy atom. The second-order valence-electron chi connectivity index (χ2n) is 5.89. The lowest BCUT2D eigenvalue weighted by Gasteiger charge is -2.14.